The Labute approximate surface area is 187 Å². The molecule has 0 spiro atoms. The quantitative estimate of drug-likeness (QED) is 0.471. The lowest BCUT2D eigenvalue weighted by atomic mass is 10.1. The summed E-state index contributed by atoms with van der Waals surface area (Å²) in [6.07, 6.45) is 1.46. The normalized spacial score (nSPS) is 11.5. The Balaban J connectivity index is 1.73. The number of hydrogen-bond donors (Lipinski definition) is 1. The summed E-state index contributed by atoms with van der Waals surface area (Å²) in [4.78, 5) is 18.5. The highest BCUT2D eigenvalue weighted by Crippen LogP contribution is 2.32. The minimum absolute atomic E-state index is 0.0388. The van der Waals surface area contributed by atoms with E-state index in [1.165, 1.54) is 22.2 Å². The fourth-order valence-corrected chi connectivity index (χ4v) is 4.16. The molecule has 0 bridgehead atoms. The molecule has 0 aliphatic rings. The van der Waals surface area contributed by atoms with E-state index >= 15 is 0 Å². The molecule has 1 N–H and O–H groups in total. The van der Waals surface area contributed by atoms with E-state index in [2.05, 4.69) is 11.1 Å². The molecule has 0 aliphatic carbocycles. The molecule has 8 heteroatoms. The molecule has 2 heterocycles. The Morgan fingerprint density at radius 1 is 1.23 bits per heavy atom. The summed E-state index contributed by atoms with van der Waals surface area (Å²) in [5, 5.41) is 20.0. The van der Waals surface area contributed by atoms with Crippen LogP contribution in [0.15, 0.2) is 59.7 Å². The van der Waals surface area contributed by atoms with Crippen molar-refractivity contribution in [1.82, 2.24) is 9.55 Å². The van der Waals surface area contributed by atoms with Crippen LogP contribution in [0.1, 0.15) is 19.4 Å². The first-order chi connectivity index (χ1) is 14.7. The first-order valence-corrected chi connectivity index (χ1v) is 10.6. The molecule has 0 saturated carbocycles. The van der Waals surface area contributed by atoms with Crippen molar-refractivity contribution in [3.8, 4) is 27.9 Å². The number of hydrogen-bond acceptors (Lipinski definition) is 6. The van der Waals surface area contributed by atoms with Gasteiger partial charge in [0, 0.05) is 9.90 Å². The number of nitriles is 1. The largest absolute Gasteiger partial charge is 0.489 e. The first-order valence-electron chi connectivity index (χ1n) is 9.42. The SMILES string of the molecule is CC(C)(O)COc1ccc(-n2cnc3cc(-c4ccc(Cl)cc4)sc3c2=O)cc1C#N. The van der Waals surface area contributed by atoms with E-state index in [4.69, 9.17) is 16.3 Å². The van der Waals surface area contributed by atoms with Gasteiger partial charge in [-0.15, -0.1) is 11.3 Å². The number of thiophene rings is 1. The second-order valence-electron chi connectivity index (χ2n) is 7.65. The van der Waals surface area contributed by atoms with Gasteiger partial charge in [-0.05, 0) is 55.8 Å². The van der Waals surface area contributed by atoms with Crippen molar-refractivity contribution in [3.05, 3.63) is 75.8 Å². The Morgan fingerprint density at radius 3 is 2.65 bits per heavy atom. The summed E-state index contributed by atoms with van der Waals surface area (Å²) < 4.78 is 7.49. The minimum Gasteiger partial charge on any atom is -0.489 e. The number of nitrogens with zero attached hydrogens (tertiary/aromatic N) is 3. The molecule has 0 amide bonds. The average molecular weight is 452 g/mol. The summed E-state index contributed by atoms with van der Waals surface area (Å²) >= 11 is 7.32. The second-order valence-corrected chi connectivity index (χ2v) is 9.13. The van der Waals surface area contributed by atoms with Crippen LogP contribution in [0.4, 0.5) is 0 Å². The van der Waals surface area contributed by atoms with Gasteiger partial charge in [-0.25, -0.2) is 4.98 Å². The van der Waals surface area contributed by atoms with Crippen molar-refractivity contribution in [2.24, 2.45) is 0 Å². The predicted octanol–water partition coefficient (Wildman–Crippen LogP) is 4.79. The Kier molecular flexibility index (Phi) is 5.54. The molecular formula is C23H18ClN3O3S. The summed E-state index contributed by atoms with van der Waals surface area (Å²) in [6.45, 7) is 3.28. The predicted molar refractivity (Wildman–Crippen MR) is 122 cm³/mol. The number of ether oxygens (including phenoxy) is 1. The Morgan fingerprint density at radius 2 is 1.97 bits per heavy atom. The zero-order chi connectivity index (χ0) is 22.2. The topological polar surface area (TPSA) is 88.1 Å². The van der Waals surface area contributed by atoms with Crippen molar-refractivity contribution < 1.29 is 9.84 Å². The van der Waals surface area contributed by atoms with Crippen molar-refractivity contribution in [2.45, 2.75) is 19.4 Å². The minimum atomic E-state index is -1.03. The van der Waals surface area contributed by atoms with E-state index in [9.17, 15) is 15.2 Å². The van der Waals surface area contributed by atoms with Gasteiger partial charge >= 0.3 is 0 Å². The third-order valence-electron chi connectivity index (χ3n) is 4.51. The highest BCUT2D eigenvalue weighted by Gasteiger charge is 2.16. The first kappa shape index (κ1) is 21.1. The fraction of sp³-hybridized carbons (Fsp3) is 0.174. The van der Waals surface area contributed by atoms with Crippen molar-refractivity contribution in [1.29, 1.82) is 5.26 Å². The molecule has 0 fully saturated rings. The summed E-state index contributed by atoms with van der Waals surface area (Å²) in [5.74, 6) is 0.344. The highest BCUT2D eigenvalue weighted by molar-refractivity contribution is 7.22. The lowest BCUT2D eigenvalue weighted by molar-refractivity contribution is 0.0284. The van der Waals surface area contributed by atoms with E-state index in [0.717, 1.165) is 10.4 Å². The maximum Gasteiger partial charge on any atom is 0.275 e. The van der Waals surface area contributed by atoms with Crippen LogP contribution in [0.3, 0.4) is 0 Å². The number of rotatable bonds is 5. The molecule has 0 saturated heterocycles. The molecule has 156 valence electrons. The van der Waals surface area contributed by atoms with Gasteiger partial charge in [-0.1, -0.05) is 23.7 Å². The Hall–Kier alpha value is -3.18. The molecule has 0 radical (unpaired) electrons. The lowest BCUT2D eigenvalue weighted by Gasteiger charge is -2.18. The van der Waals surface area contributed by atoms with Crippen molar-refractivity contribution >= 4 is 33.2 Å². The smallest absolute Gasteiger partial charge is 0.275 e. The van der Waals surface area contributed by atoms with Gasteiger partial charge in [0.05, 0.1) is 22.4 Å². The number of aliphatic hydroxyl groups is 1. The number of halogens is 1. The van der Waals surface area contributed by atoms with Crippen LogP contribution < -0.4 is 10.3 Å². The van der Waals surface area contributed by atoms with Gasteiger partial charge in [0.2, 0.25) is 0 Å². The van der Waals surface area contributed by atoms with Crippen LogP contribution in [0.2, 0.25) is 5.02 Å². The number of fused-ring (bicyclic) bond motifs is 1. The molecule has 6 nitrogen and oxygen atoms in total. The van der Waals surface area contributed by atoms with Gasteiger partial charge in [0.1, 0.15) is 29.5 Å². The van der Waals surface area contributed by atoms with Gasteiger partial charge in [0.25, 0.3) is 5.56 Å². The molecule has 4 aromatic rings. The van der Waals surface area contributed by atoms with Crippen LogP contribution in [0, 0.1) is 11.3 Å². The summed E-state index contributed by atoms with van der Waals surface area (Å²) in [6, 6.07) is 16.2. The molecule has 0 atom stereocenters. The van der Waals surface area contributed by atoms with E-state index in [-0.39, 0.29) is 17.7 Å². The molecule has 0 unspecified atom stereocenters. The van der Waals surface area contributed by atoms with E-state index in [1.54, 1.807) is 44.2 Å². The number of benzene rings is 2. The average Bonchev–Trinajstić information content (AvgIpc) is 3.18. The third-order valence-corrected chi connectivity index (χ3v) is 5.92. The molecule has 2 aromatic carbocycles. The van der Waals surface area contributed by atoms with Crippen LogP contribution in [0.5, 0.6) is 5.75 Å². The van der Waals surface area contributed by atoms with Gasteiger partial charge < -0.3 is 9.84 Å². The third kappa shape index (κ3) is 4.47. The zero-order valence-electron chi connectivity index (χ0n) is 16.8. The van der Waals surface area contributed by atoms with E-state index in [0.29, 0.717) is 26.7 Å². The van der Waals surface area contributed by atoms with Crippen LogP contribution in [0.25, 0.3) is 26.3 Å². The molecule has 31 heavy (non-hydrogen) atoms. The van der Waals surface area contributed by atoms with Crippen LogP contribution in [-0.4, -0.2) is 26.9 Å². The number of aromatic nitrogens is 2. The van der Waals surface area contributed by atoms with E-state index in [1.807, 2.05) is 18.2 Å². The fourth-order valence-electron chi connectivity index (χ4n) is 2.99. The molecule has 0 aliphatic heterocycles. The van der Waals surface area contributed by atoms with Crippen LogP contribution >= 0.6 is 22.9 Å². The van der Waals surface area contributed by atoms with E-state index < -0.39 is 5.60 Å². The molecule has 2 aromatic heterocycles. The second kappa shape index (κ2) is 8.16. The summed E-state index contributed by atoms with van der Waals surface area (Å²) in [5.41, 5.74) is 1.09. The van der Waals surface area contributed by atoms with Crippen molar-refractivity contribution in [3.63, 3.8) is 0 Å². The molecular weight excluding hydrogens is 434 g/mol. The highest BCUT2D eigenvalue weighted by atomic mass is 35.5. The maximum atomic E-state index is 13.1. The lowest BCUT2D eigenvalue weighted by Crippen LogP contribution is -2.28. The zero-order valence-corrected chi connectivity index (χ0v) is 18.4. The van der Waals surface area contributed by atoms with Gasteiger partial charge in [-0.2, -0.15) is 5.26 Å². The van der Waals surface area contributed by atoms with Crippen LogP contribution in [-0.2, 0) is 0 Å². The standard InChI is InChI=1S/C23H18ClN3O3S/c1-23(2,29)12-30-19-8-7-17(9-15(19)11-25)27-13-26-18-10-20(31-21(18)22(27)28)14-3-5-16(24)6-4-14/h3-10,13,29H,12H2,1-2H3. The molecule has 4 rings (SSSR count). The van der Waals surface area contributed by atoms with Crippen molar-refractivity contribution in [2.75, 3.05) is 6.61 Å². The monoisotopic (exact) mass is 451 g/mol. The van der Waals surface area contributed by atoms with Gasteiger partial charge in [0.15, 0.2) is 0 Å². The van der Waals surface area contributed by atoms with Gasteiger partial charge in [-0.3, -0.25) is 9.36 Å². The Bertz CT molecular complexity index is 1360. The maximum absolute atomic E-state index is 13.1. The summed E-state index contributed by atoms with van der Waals surface area (Å²) in [7, 11) is 0.